The molecule has 0 saturated carbocycles. The molecule has 0 spiro atoms. The van der Waals surface area contributed by atoms with E-state index >= 15 is 0 Å². The van der Waals surface area contributed by atoms with Crippen molar-refractivity contribution < 1.29 is 14.2 Å². The largest absolute Gasteiger partial charge is 0.320 e. The van der Waals surface area contributed by atoms with Crippen LogP contribution in [-0.4, -0.2) is 11.7 Å². The lowest BCUT2D eigenvalue weighted by Crippen LogP contribution is -2.44. The van der Waals surface area contributed by atoms with Crippen molar-refractivity contribution in [1.29, 1.82) is 0 Å². The van der Waals surface area contributed by atoms with E-state index in [4.69, 9.17) is 0 Å². The summed E-state index contributed by atoms with van der Waals surface area (Å²) in [5, 5.41) is 2.88. The van der Waals surface area contributed by atoms with Crippen LogP contribution in [0.1, 0.15) is 68.4 Å². The van der Waals surface area contributed by atoms with Crippen LogP contribution in [0, 0.1) is 0 Å². The lowest BCUT2D eigenvalue weighted by molar-refractivity contribution is -0.705. The highest BCUT2D eigenvalue weighted by Gasteiger charge is 2.22. The highest BCUT2D eigenvalue weighted by atomic mass is 16.2. The van der Waals surface area contributed by atoms with Gasteiger partial charge in [0.1, 0.15) is 0 Å². The second kappa shape index (κ2) is 8.56. The Morgan fingerprint density at radius 1 is 1.08 bits per heavy atom. The zero-order valence-corrected chi connectivity index (χ0v) is 15.5. The third kappa shape index (κ3) is 4.75. The molecule has 1 heterocycles. The number of carbonyl (C=O) groups excluding carboxylic acids is 2. The van der Waals surface area contributed by atoms with Crippen LogP contribution in [0.15, 0.2) is 48.8 Å². The van der Waals surface area contributed by atoms with E-state index < -0.39 is 0 Å². The number of carbonyl (C=O) groups is 2. The average molecular weight is 339 g/mol. The number of aromatic nitrogens is 1. The molecular weight excluding hydrogens is 312 g/mol. The summed E-state index contributed by atoms with van der Waals surface area (Å²) in [6.07, 6.45) is 6.15. The zero-order chi connectivity index (χ0) is 18.4. The molecule has 132 valence electrons. The Hall–Kier alpha value is -2.49. The molecule has 2 aromatic rings. The van der Waals surface area contributed by atoms with Crippen LogP contribution in [0.25, 0.3) is 0 Å². The number of nitrogens with zero attached hydrogens (tertiary/aromatic N) is 1. The summed E-state index contributed by atoms with van der Waals surface area (Å²) in [6.45, 7) is 7.77. The van der Waals surface area contributed by atoms with Crippen LogP contribution >= 0.6 is 0 Å². The van der Waals surface area contributed by atoms with Crippen LogP contribution in [-0.2, 0) is 4.79 Å². The van der Waals surface area contributed by atoms with Crippen molar-refractivity contribution in [2.24, 2.45) is 0 Å². The topological polar surface area (TPSA) is 50.0 Å². The summed E-state index contributed by atoms with van der Waals surface area (Å²) in [7, 11) is 0. The van der Waals surface area contributed by atoms with Crippen LogP contribution in [0.4, 0.5) is 5.69 Å². The SMILES string of the molecule is CCC(CC)c1cc[n+]([C@H](C)C(=O)Nc2cccc(C(C)=O)c2)cc1. The Bertz CT molecular complexity index is 734. The molecule has 0 radical (unpaired) electrons. The minimum Gasteiger partial charge on any atom is -0.320 e. The molecule has 0 aliphatic rings. The Labute approximate surface area is 149 Å². The molecule has 0 bridgehead atoms. The summed E-state index contributed by atoms with van der Waals surface area (Å²) in [6, 6.07) is 10.9. The second-order valence-electron chi connectivity index (χ2n) is 6.39. The van der Waals surface area contributed by atoms with Gasteiger partial charge in [-0.15, -0.1) is 0 Å². The lowest BCUT2D eigenvalue weighted by Gasteiger charge is -2.13. The third-order valence-corrected chi connectivity index (χ3v) is 4.70. The zero-order valence-electron chi connectivity index (χ0n) is 15.5. The molecule has 1 atom stereocenters. The molecule has 25 heavy (non-hydrogen) atoms. The van der Waals surface area contributed by atoms with Gasteiger partial charge in [-0.1, -0.05) is 26.0 Å². The number of nitrogens with one attached hydrogen (secondary N) is 1. The number of anilines is 1. The van der Waals surface area contributed by atoms with Gasteiger partial charge in [-0.25, -0.2) is 0 Å². The first-order chi connectivity index (χ1) is 12.0. The summed E-state index contributed by atoms with van der Waals surface area (Å²) in [5.74, 6) is 0.435. The van der Waals surface area contributed by atoms with Crippen LogP contribution in [0.5, 0.6) is 0 Å². The molecule has 1 aromatic carbocycles. The predicted molar refractivity (Wildman–Crippen MR) is 99.7 cm³/mol. The van der Waals surface area contributed by atoms with Gasteiger partial charge >= 0.3 is 0 Å². The molecule has 4 nitrogen and oxygen atoms in total. The number of benzene rings is 1. The lowest BCUT2D eigenvalue weighted by atomic mass is 9.95. The maximum absolute atomic E-state index is 12.5. The van der Waals surface area contributed by atoms with Gasteiger partial charge in [0.15, 0.2) is 18.2 Å². The van der Waals surface area contributed by atoms with Crippen molar-refractivity contribution in [1.82, 2.24) is 0 Å². The van der Waals surface area contributed by atoms with Gasteiger partial charge in [-0.3, -0.25) is 9.59 Å². The number of amides is 1. The Morgan fingerprint density at radius 3 is 2.28 bits per heavy atom. The number of rotatable bonds is 7. The van der Waals surface area contributed by atoms with Gasteiger partial charge in [0.05, 0.1) is 0 Å². The fourth-order valence-electron chi connectivity index (χ4n) is 2.94. The minimum atomic E-state index is -0.336. The number of ketones is 1. The maximum atomic E-state index is 12.5. The Kier molecular flexibility index (Phi) is 6.45. The molecule has 1 aromatic heterocycles. The van der Waals surface area contributed by atoms with Gasteiger partial charge in [-0.05, 0) is 43.4 Å². The Balaban J connectivity index is 2.09. The van der Waals surface area contributed by atoms with E-state index in [0.717, 1.165) is 12.8 Å². The fraction of sp³-hybridized carbons (Fsp3) is 0.381. The summed E-state index contributed by atoms with van der Waals surface area (Å²) in [4.78, 5) is 24.0. The van der Waals surface area contributed by atoms with Crippen molar-refractivity contribution in [2.75, 3.05) is 5.32 Å². The molecule has 4 heteroatoms. The third-order valence-electron chi connectivity index (χ3n) is 4.70. The van der Waals surface area contributed by atoms with Gasteiger partial charge in [0.2, 0.25) is 6.04 Å². The van der Waals surface area contributed by atoms with Gasteiger partial charge in [-0.2, -0.15) is 4.57 Å². The standard InChI is InChI=1S/C21H26N2O2/c1-5-17(6-2)18-10-12-23(13-11-18)15(3)21(25)22-20-9-7-8-19(14-20)16(4)24/h7-15,17H,5-6H2,1-4H3/p+1/t15-/m1/s1. The monoisotopic (exact) mass is 339 g/mol. The molecule has 0 aliphatic heterocycles. The van der Waals surface area contributed by atoms with E-state index in [0.29, 0.717) is 17.2 Å². The molecule has 1 amide bonds. The first-order valence-electron chi connectivity index (χ1n) is 8.88. The van der Waals surface area contributed by atoms with Gasteiger partial charge in [0.25, 0.3) is 5.91 Å². The number of hydrogen-bond donors (Lipinski definition) is 1. The molecule has 2 rings (SSSR count). The first kappa shape index (κ1) is 18.8. The second-order valence-corrected chi connectivity index (χ2v) is 6.39. The predicted octanol–water partition coefficient (Wildman–Crippen LogP) is 4.28. The van der Waals surface area contributed by atoms with Crippen molar-refractivity contribution in [2.45, 2.75) is 52.5 Å². The van der Waals surface area contributed by atoms with Crippen molar-refractivity contribution in [3.63, 3.8) is 0 Å². The van der Waals surface area contributed by atoms with E-state index in [9.17, 15) is 9.59 Å². The minimum absolute atomic E-state index is 0.0180. The summed E-state index contributed by atoms with van der Waals surface area (Å²) >= 11 is 0. The quantitative estimate of drug-likeness (QED) is 0.604. The Morgan fingerprint density at radius 2 is 1.72 bits per heavy atom. The van der Waals surface area contributed by atoms with Gasteiger partial charge < -0.3 is 5.32 Å². The fourth-order valence-corrected chi connectivity index (χ4v) is 2.94. The van der Waals surface area contributed by atoms with Crippen molar-refractivity contribution in [3.8, 4) is 0 Å². The number of pyridine rings is 1. The van der Waals surface area contributed by atoms with Crippen LogP contribution in [0.3, 0.4) is 0 Å². The van der Waals surface area contributed by atoms with Crippen LogP contribution in [0.2, 0.25) is 0 Å². The normalized spacial score (nSPS) is 12.0. The number of hydrogen-bond acceptors (Lipinski definition) is 2. The van der Waals surface area contributed by atoms with Crippen molar-refractivity contribution >= 4 is 17.4 Å². The highest BCUT2D eigenvalue weighted by molar-refractivity contribution is 5.97. The van der Waals surface area contributed by atoms with E-state index in [1.807, 2.05) is 23.9 Å². The molecule has 0 fully saturated rings. The summed E-state index contributed by atoms with van der Waals surface area (Å²) in [5.41, 5.74) is 2.54. The van der Waals surface area contributed by atoms with Gasteiger partial charge in [0, 0.05) is 30.3 Å². The number of Topliss-reactive ketones (excluding diaryl/α,β-unsaturated/α-hetero) is 1. The average Bonchev–Trinajstić information content (AvgIpc) is 2.63. The first-order valence-corrected chi connectivity index (χ1v) is 8.88. The van der Waals surface area contributed by atoms with Crippen molar-refractivity contribution in [3.05, 3.63) is 59.9 Å². The molecule has 0 saturated heterocycles. The highest BCUT2D eigenvalue weighted by Crippen LogP contribution is 2.21. The van der Waals surface area contributed by atoms with E-state index in [2.05, 4.69) is 31.3 Å². The molecular formula is C21H27N2O2+. The molecule has 1 N–H and O–H groups in total. The van der Waals surface area contributed by atoms with Crippen LogP contribution < -0.4 is 9.88 Å². The molecule has 0 unspecified atom stereocenters. The maximum Gasteiger partial charge on any atom is 0.293 e. The van der Waals surface area contributed by atoms with E-state index in [1.165, 1.54) is 12.5 Å². The summed E-state index contributed by atoms with van der Waals surface area (Å²) < 4.78 is 1.90. The molecule has 0 aliphatic carbocycles. The van der Waals surface area contributed by atoms with E-state index in [1.54, 1.807) is 24.3 Å². The smallest absolute Gasteiger partial charge is 0.293 e. The van der Waals surface area contributed by atoms with E-state index in [-0.39, 0.29) is 17.7 Å².